The summed E-state index contributed by atoms with van der Waals surface area (Å²) >= 11 is 0. The minimum atomic E-state index is -3.70. The van der Waals surface area contributed by atoms with Crippen molar-refractivity contribution in [1.82, 2.24) is 20.0 Å². The Balaban J connectivity index is 1.65. The quantitative estimate of drug-likeness (QED) is 0.720. The van der Waals surface area contributed by atoms with Gasteiger partial charge in [0, 0.05) is 24.0 Å². The number of aromatic nitrogens is 2. The molecule has 0 spiro atoms. The van der Waals surface area contributed by atoms with Crippen LogP contribution < -0.4 is 10.0 Å². The molecule has 1 fully saturated rings. The highest BCUT2D eigenvalue weighted by Gasteiger charge is 2.21. The molecular weight excluding hydrogens is 352 g/mol. The Hall–Kier alpha value is -2.19. The molecule has 140 valence electrons. The number of nitrogens with zero attached hydrogens (tertiary/aromatic N) is 1. The lowest BCUT2D eigenvalue weighted by Crippen LogP contribution is -2.36. The lowest BCUT2D eigenvalue weighted by atomic mass is 9.95. The van der Waals surface area contributed by atoms with Gasteiger partial charge in [-0.05, 0) is 44.0 Å². The molecular formula is C18H24N4O3S. The molecule has 0 unspecified atom stereocenters. The Kier molecular flexibility index (Phi) is 5.73. The summed E-state index contributed by atoms with van der Waals surface area (Å²) in [6.07, 6.45) is 8.73. The second-order valence-electron chi connectivity index (χ2n) is 6.65. The molecule has 1 aliphatic rings. The summed E-state index contributed by atoms with van der Waals surface area (Å²) in [6.45, 7) is 1.71. The molecule has 1 aliphatic carbocycles. The van der Waals surface area contributed by atoms with Crippen LogP contribution in [0.15, 0.2) is 41.6 Å². The standard InChI is InChI=1S/C18H24N4O3S/c1-13(17-19-11-12-20-17)22-26(24,25)16-9-7-14(8-10-16)18(23)21-15-5-3-2-4-6-15/h7-13,15,22H,2-6H2,1H3,(H,19,20)(H,21,23)/t13-/m0/s1. The molecule has 0 bridgehead atoms. The van der Waals surface area contributed by atoms with Gasteiger partial charge in [0.1, 0.15) is 5.82 Å². The van der Waals surface area contributed by atoms with Gasteiger partial charge in [-0.15, -0.1) is 0 Å². The fourth-order valence-electron chi connectivity index (χ4n) is 3.17. The van der Waals surface area contributed by atoms with E-state index in [2.05, 4.69) is 20.0 Å². The van der Waals surface area contributed by atoms with Crippen molar-refractivity contribution in [2.24, 2.45) is 0 Å². The first-order valence-electron chi connectivity index (χ1n) is 8.88. The van der Waals surface area contributed by atoms with Crippen LogP contribution in [0.25, 0.3) is 0 Å². The summed E-state index contributed by atoms with van der Waals surface area (Å²) in [5, 5.41) is 3.03. The maximum atomic E-state index is 12.5. The highest BCUT2D eigenvalue weighted by molar-refractivity contribution is 7.89. The monoisotopic (exact) mass is 376 g/mol. The van der Waals surface area contributed by atoms with Gasteiger partial charge in [0.2, 0.25) is 10.0 Å². The Morgan fingerprint density at radius 1 is 1.19 bits per heavy atom. The average molecular weight is 376 g/mol. The average Bonchev–Trinajstić information content (AvgIpc) is 3.17. The molecule has 3 rings (SSSR count). The van der Waals surface area contributed by atoms with Gasteiger partial charge in [-0.3, -0.25) is 4.79 Å². The van der Waals surface area contributed by atoms with Gasteiger partial charge in [-0.25, -0.2) is 18.1 Å². The van der Waals surface area contributed by atoms with Crippen LogP contribution in [0.4, 0.5) is 0 Å². The Bertz CT molecular complexity index is 826. The van der Waals surface area contributed by atoms with E-state index in [-0.39, 0.29) is 16.8 Å². The van der Waals surface area contributed by atoms with Gasteiger partial charge in [0.15, 0.2) is 0 Å². The van der Waals surface area contributed by atoms with Crippen molar-refractivity contribution in [3.8, 4) is 0 Å². The van der Waals surface area contributed by atoms with Gasteiger partial charge in [0.05, 0.1) is 10.9 Å². The minimum Gasteiger partial charge on any atom is -0.349 e. The number of amides is 1. The predicted octanol–water partition coefficient (Wildman–Crippen LogP) is 2.51. The van der Waals surface area contributed by atoms with Crippen molar-refractivity contribution in [3.05, 3.63) is 48.0 Å². The number of imidazole rings is 1. The van der Waals surface area contributed by atoms with E-state index in [0.717, 1.165) is 25.7 Å². The molecule has 1 atom stereocenters. The predicted molar refractivity (Wildman–Crippen MR) is 98.1 cm³/mol. The lowest BCUT2D eigenvalue weighted by Gasteiger charge is -2.22. The number of hydrogen-bond donors (Lipinski definition) is 3. The van der Waals surface area contributed by atoms with E-state index < -0.39 is 16.1 Å². The normalized spacial score (nSPS) is 17.0. The fraction of sp³-hybridized carbons (Fsp3) is 0.444. The highest BCUT2D eigenvalue weighted by Crippen LogP contribution is 2.19. The topological polar surface area (TPSA) is 104 Å². The van der Waals surface area contributed by atoms with Crippen LogP contribution in [0.5, 0.6) is 0 Å². The van der Waals surface area contributed by atoms with Crippen LogP contribution in [0.2, 0.25) is 0 Å². The van der Waals surface area contributed by atoms with Crippen LogP contribution in [-0.4, -0.2) is 30.3 Å². The number of carbonyl (C=O) groups excluding carboxylic acids is 1. The molecule has 8 heteroatoms. The van der Waals surface area contributed by atoms with Crippen molar-refractivity contribution < 1.29 is 13.2 Å². The third-order valence-electron chi connectivity index (χ3n) is 4.63. The summed E-state index contributed by atoms with van der Waals surface area (Å²) in [7, 11) is -3.70. The summed E-state index contributed by atoms with van der Waals surface area (Å²) in [4.78, 5) is 19.4. The SMILES string of the molecule is C[C@H](NS(=O)(=O)c1ccc(C(=O)NC2CCCCC2)cc1)c1ncc[nH]1. The van der Waals surface area contributed by atoms with E-state index in [1.165, 1.54) is 18.6 Å². The van der Waals surface area contributed by atoms with Crippen LogP contribution >= 0.6 is 0 Å². The molecule has 1 aromatic heterocycles. The van der Waals surface area contributed by atoms with E-state index in [9.17, 15) is 13.2 Å². The Labute approximate surface area is 153 Å². The number of sulfonamides is 1. The second-order valence-corrected chi connectivity index (χ2v) is 8.36. The van der Waals surface area contributed by atoms with Gasteiger partial charge >= 0.3 is 0 Å². The van der Waals surface area contributed by atoms with Crippen molar-refractivity contribution in [2.45, 2.75) is 56.0 Å². The minimum absolute atomic E-state index is 0.116. The first kappa shape index (κ1) is 18.6. The number of benzene rings is 1. The van der Waals surface area contributed by atoms with E-state index in [1.54, 1.807) is 31.5 Å². The molecule has 26 heavy (non-hydrogen) atoms. The fourth-order valence-corrected chi connectivity index (χ4v) is 4.38. The van der Waals surface area contributed by atoms with Gasteiger partial charge in [-0.1, -0.05) is 19.3 Å². The molecule has 7 nitrogen and oxygen atoms in total. The van der Waals surface area contributed by atoms with Gasteiger partial charge < -0.3 is 10.3 Å². The number of carbonyl (C=O) groups is 1. The molecule has 1 amide bonds. The maximum Gasteiger partial charge on any atom is 0.251 e. The number of aromatic amines is 1. The maximum absolute atomic E-state index is 12.5. The molecule has 2 aromatic rings. The summed E-state index contributed by atoms with van der Waals surface area (Å²) in [5.74, 6) is 0.384. The van der Waals surface area contributed by atoms with Crippen molar-refractivity contribution in [3.63, 3.8) is 0 Å². The van der Waals surface area contributed by atoms with Crippen molar-refractivity contribution >= 4 is 15.9 Å². The summed E-state index contributed by atoms with van der Waals surface area (Å²) in [6, 6.07) is 5.73. The molecule has 0 saturated heterocycles. The number of rotatable bonds is 6. The van der Waals surface area contributed by atoms with Crippen LogP contribution in [0.3, 0.4) is 0 Å². The third kappa shape index (κ3) is 4.50. The van der Waals surface area contributed by atoms with E-state index in [4.69, 9.17) is 0 Å². The van der Waals surface area contributed by atoms with Crippen molar-refractivity contribution in [1.29, 1.82) is 0 Å². The van der Waals surface area contributed by atoms with Crippen LogP contribution in [0.1, 0.15) is 61.3 Å². The summed E-state index contributed by atoms with van der Waals surface area (Å²) in [5.41, 5.74) is 0.466. The molecule has 3 N–H and O–H groups in total. The molecule has 1 saturated carbocycles. The van der Waals surface area contributed by atoms with Crippen LogP contribution in [0, 0.1) is 0 Å². The lowest BCUT2D eigenvalue weighted by molar-refractivity contribution is 0.0927. The first-order valence-corrected chi connectivity index (χ1v) is 10.4. The molecule has 0 aliphatic heterocycles. The van der Waals surface area contributed by atoms with E-state index in [1.807, 2.05) is 0 Å². The highest BCUT2D eigenvalue weighted by atomic mass is 32.2. The van der Waals surface area contributed by atoms with Gasteiger partial charge in [-0.2, -0.15) is 0 Å². The van der Waals surface area contributed by atoms with Crippen LogP contribution in [-0.2, 0) is 10.0 Å². The third-order valence-corrected chi connectivity index (χ3v) is 6.19. The zero-order valence-corrected chi connectivity index (χ0v) is 15.6. The zero-order valence-electron chi connectivity index (χ0n) is 14.7. The number of H-pyrrole nitrogens is 1. The second kappa shape index (κ2) is 8.01. The zero-order chi connectivity index (χ0) is 18.6. The Morgan fingerprint density at radius 3 is 2.50 bits per heavy atom. The molecule has 0 radical (unpaired) electrons. The van der Waals surface area contributed by atoms with Gasteiger partial charge in [0.25, 0.3) is 5.91 Å². The van der Waals surface area contributed by atoms with Crippen molar-refractivity contribution in [2.75, 3.05) is 0 Å². The van der Waals surface area contributed by atoms with E-state index in [0.29, 0.717) is 11.4 Å². The molecule has 1 aromatic carbocycles. The largest absolute Gasteiger partial charge is 0.349 e. The number of hydrogen-bond acceptors (Lipinski definition) is 4. The Morgan fingerprint density at radius 2 is 1.88 bits per heavy atom. The first-order chi connectivity index (χ1) is 12.5. The molecule has 1 heterocycles. The summed E-state index contributed by atoms with van der Waals surface area (Å²) < 4.78 is 27.5. The number of nitrogens with one attached hydrogen (secondary N) is 3. The van der Waals surface area contributed by atoms with E-state index >= 15 is 0 Å². The smallest absolute Gasteiger partial charge is 0.251 e.